The molecule has 0 saturated carbocycles. The van der Waals surface area contributed by atoms with E-state index < -0.39 is 21.7 Å². The number of fused-ring (bicyclic) bond motifs is 1. The molecule has 0 fully saturated rings. The highest BCUT2D eigenvalue weighted by molar-refractivity contribution is 7.90. The molecule has 1 aromatic carbocycles. The van der Waals surface area contributed by atoms with Gasteiger partial charge in [-0.25, -0.2) is 13.1 Å². The summed E-state index contributed by atoms with van der Waals surface area (Å²) in [4.78, 5) is 24.1. The average Bonchev–Trinajstić information content (AvgIpc) is 3.05. The lowest BCUT2D eigenvalue weighted by atomic mass is 10.2. The van der Waals surface area contributed by atoms with Crippen molar-refractivity contribution in [2.75, 3.05) is 11.9 Å². The summed E-state index contributed by atoms with van der Waals surface area (Å²) < 4.78 is 25.2. The zero-order valence-electron chi connectivity index (χ0n) is 14.0. The first-order valence-corrected chi connectivity index (χ1v) is 10.2. The summed E-state index contributed by atoms with van der Waals surface area (Å²) >= 11 is 6.01. The SMILES string of the molecule is CCCNC(=O)C(=O)Nc1c2c(nn1-c1cccc(Cl)c1)CS(=O)(=O)C2. The van der Waals surface area contributed by atoms with Gasteiger partial charge in [-0.2, -0.15) is 5.10 Å². The first-order valence-electron chi connectivity index (χ1n) is 7.97. The second-order valence-electron chi connectivity index (χ2n) is 5.91. The van der Waals surface area contributed by atoms with E-state index in [2.05, 4.69) is 15.7 Å². The van der Waals surface area contributed by atoms with Gasteiger partial charge in [0, 0.05) is 17.1 Å². The zero-order chi connectivity index (χ0) is 18.9. The van der Waals surface area contributed by atoms with Crippen LogP contribution < -0.4 is 10.6 Å². The van der Waals surface area contributed by atoms with Crippen LogP contribution in [0.4, 0.5) is 5.82 Å². The van der Waals surface area contributed by atoms with Gasteiger partial charge >= 0.3 is 11.8 Å². The van der Waals surface area contributed by atoms with Crippen molar-refractivity contribution in [2.45, 2.75) is 24.9 Å². The Morgan fingerprint density at radius 2 is 2.04 bits per heavy atom. The van der Waals surface area contributed by atoms with Gasteiger partial charge in [0.05, 0.1) is 22.9 Å². The van der Waals surface area contributed by atoms with Crippen LogP contribution in [-0.4, -0.2) is 36.6 Å². The molecule has 0 aliphatic carbocycles. The number of rotatable bonds is 4. The molecule has 2 N–H and O–H groups in total. The molecule has 1 aliphatic heterocycles. The van der Waals surface area contributed by atoms with Gasteiger partial charge in [-0.15, -0.1) is 0 Å². The van der Waals surface area contributed by atoms with E-state index in [4.69, 9.17) is 11.6 Å². The molecule has 0 saturated heterocycles. The van der Waals surface area contributed by atoms with Crippen LogP contribution in [0.2, 0.25) is 5.02 Å². The molecule has 26 heavy (non-hydrogen) atoms. The molecular formula is C16H17ClN4O4S. The third kappa shape index (κ3) is 3.73. The van der Waals surface area contributed by atoms with Crippen LogP contribution in [0.15, 0.2) is 24.3 Å². The molecule has 0 unspecified atom stereocenters. The molecule has 10 heteroatoms. The number of nitrogens with one attached hydrogen (secondary N) is 2. The molecule has 0 atom stereocenters. The first-order chi connectivity index (χ1) is 12.3. The second kappa shape index (κ2) is 7.08. The Morgan fingerprint density at radius 3 is 2.73 bits per heavy atom. The number of hydrogen-bond acceptors (Lipinski definition) is 5. The fraction of sp³-hybridized carbons (Fsp3) is 0.312. The van der Waals surface area contributed by atoms with Gasteiger partial charge in [0.15, 0.2) is 9.84 Å². The van der Waals surface area contributed by atoms with Gasteiger partial charge in [0.2, 0.25) is 0 Å². The third-order valence-electron chi connectivity index (χ3n) is 3.81. The smallest absolute Gasteiger partial charge is 0.314 e. The van der Waals surface area contributed by atoms with Crippen LogP contribution in [0, 0.1) is 0 Å². The number of benzene rings is 1. The Hall–Kier alpha value is -2.39. The van der Waals surface area contributed by atoms with E-state index in [-0.39, 0.29) is 17.3 Å². The number of sulfone groups is 1. The van der Waals surface area contributed by atoms with Crippen molar-refractivity contribution in [1.29, 1.82) is 0 Å². The van der Waals surface area contributed by atoms with Crippen LogP contribution in [0.1, 0.15) is 24.6 Å². The topological polar surface area (TPSA) is 110 Å². The number of carbonyl (C=O) groups is 2. The fourth-order valence-corrected chi connectivity index (χ4v) is 4.33. The number of halogens is 1. The quantitative estimate of drug-likeness (QED) is 0.759. The van der Waals surface area contributed by atoms with Gasteiger partial charge in [0.1, 0.15) is 5.82 Å². The predicted molar refractivity (Wildman–Crippen MR) is 96.8 cm³/mol. The summed E-state index contributed by atoms with van der Waals surface area (Å²) in [5, 5.41) is 9.74. The maximum atomic E-state index is 12.2. The summed E-state index contributed by atoms with van der Waals surface area (Å²) in [7, 11) is -3.32. The fourth-order valence-electron chi connectivity index (χ4n) is 2.65. The van der Waals surface area contributed by atoms with Crippen LogP contribution in [0.3, 0.4) is 0 Å². The second-order valence-corrected chi connectivity index (χ2v) is 8.41. The minimum Gasteiger partial charge on any atom is -0.348 e. The molecule has 0 radical (unpaired) electrons. The van der Waals surface area contributed by atoms with E-state index in [1.54, 1.807) is 24.3 Å². The summed E-state index contributed by atoms with van der Waals surface area (Å²) in [5.74, 6) is -1.95. The largest absolute Gasteiger partial charge is 0.348 e. The molecule has 138 valence electrons. The van der Waals surface area contributed by atoms with E-state index in [0.29, 0.717) is 34.9 Å². The summed E-state index contributed by atoms with van der Waals surface area (Å²) in [6, 6.07) is 6.74. The Bertz CT molecular complexity index is 984. The number of carbonyl (C=O) groups excluding carboxylic acids is 2. The molecular weight excluding hydrogens is 380 g/mol. The molecule has 3 rings (SSSR count). The highest BCUT2D eigenvalue weighted by atomic mass is 35.5. The Morgan fingerprint density at radius 1 is 1.27 bits per heavy atom. The van der Waals surface area contributed by atoms with E-state index in [0.717, 1.165) is 0 Å². The predicted octanol–water partition coefficient (Wildman–Crippen LogP) is 1.42. The number of anilines is 1. The van der Waals surface area contributed by atoms with Gasteiger partial charge < -0.3 is 10.6 Å². The zero-order valence-corrected chi connectivity index (χ0v) is 15.5. The minimum atomic E-state index is -3.32. The van der Waals surface area contributed by atoms with Crippen molar-refractivity contribution < 1.29 is 18.0 Å². The van der Waals surface area contributed by atoms with Crippen LogP contribution in [0.25, 0.3) is 5.69 Å². The van der Waals surface area contributed by atoms with E-state index in [9.17, 15) is 18.0 Å². The maximum Gasteiger partial charge on any atom is 0.314 e. The van der Waals surface area contributed by atoms with Crippen molar-refractivity contribution in [3.05, 3.63) is 40.5 Å². The summed E-state index contributed by atoms with van der Waals surface area (Å²) in [6.45, 7) is 2.23. The number of hydrogen-bond donors (Lipinski definition) is 2. The number of amides is 2. The van der Waals surface area contributed by atoms with Crippen LogP contribution in [-0.2, 0) is 30.9 Å². The van der Waals surface area contributed by atoms with E-state index >= 15 is 0 Å². The average molecular weight is 397 g/mol. The van der Waals surface area contributed by atoms with Crippen molar-refractivity contribution in [3.8, 4) is 5.69 Å². The molecule has 2 amide bonds. The maximum absolute atomic E-state index is 12.2. The summed E-state index contributed by atoms with van der Waals surface area (Å²) in [6.07, 6.45) is 0.688. The lowest BCUT2D eigenvalue weighted by molar-refractivity contribution is -0.136. The van der Waals surface area contributed by atoms with Gasteiger partial charge in [0.25, 0.3) is 0 Å². The monoisotopic (exact) mass is 396 g/mol. The molecule has 2 heterocycles. The molecule has 0 bridgehead atoms. The normalized spacial score (nSPS) is 14.7. The van der Waals surface area contributed by atoms with Gasteiger partial charge in [-0.05, 0) is 24.6 Å². The highest BCUT2D eigenvalue weighted by Gasteiger charge is 2.33. The summed E-state index contributed by atoms with van der Waals surface area (Å²) in [5.41, 5.74) is 1.30. The molecule has 0 spiro atoms. The standard InChI is InChI=1S/C16H17ClN4O4S/c1-2-6-18-15(22)16(23)19-14-12-8-26(24,25)9-13(12)20-21(14)11-5-3-4-10(17)7-11/h3-5,7H,2,6,8-9H2,1H3,(H,18,22)(H,19,23). The molecule has 1 aromatic heterocycles. The Balaban J connectivity index is 1.99. The van der Waals surface area contributed by atoms with E-state index in [1.807, 2.05) is 6.92 Å². The number of aromatic nitrogens is 2. The third-order valence-corrected chi connectivity index (χ3v) is 5.49. The van der Waals surface area contributed by atoms with Crippen LogP contribution >= 0.6 is 11.6 Å². The van der Waals surface area contributed by atoms with Gasteiger partial charge in [-0.3, -0.25) is 9.59 Å². The van der Waals surface area contributed by atoms with Crippen molar-refractivity contribution in [3.63, 3.8) is 0 Å². The highest BCUT2D eigenvalue weighted by Crippen LogP contribution is 2.33. The van der Waals surface area contributed by atoms with Crippen molar-refractivity contribution in [2.24, 2.45) is 0 Å². The Kier molecular flexibility index (Phi) is 5.01. The first kappa shape index (κ1) is 18.4. The van der Waals surface area contributed by atoms with Gasteiger partial charge in [-0.1, -0.05) is 24.6 Å². The minimum absolute atomic E-state index is 0.167. The van der Waals surface area contributed by atoms with E-state index in [1.165, 1.54) is 4.68 Å². The molecule has 1 aliphatic rings. The number of nitrogens with zero attached hydrogens (tertiary/aromatic N) is 2. The van der Waals surface area contributed by atoms with Crippen LogP contribution in [0.5, 0.6) is 0 Å². The van der Waals surface area contributed by atoms with Crippen molar-refractivity contribution >= 4 is 39.1 Å². The van der Waals surface area contributed by atoms with Crippen molar-refractivity contribution in [1.82, 2.24) is 15.1 Å². The molecule has 2 aromatic rings. The Labute approximate surface area is 155 Å². The lowest BCUT2D eigenvalue weighted by Gasteiger charge is -2.11. The molecule has 8 nitrogen and oxygen atoms in total. The lowest BCUT2D eigenvalue weighted by Crippen LogP contribution is -2.36.